The molecule has 0 amide bonds. The standard InChI is InChI=1S/C12H15NO/c1-4-9(2)5-10-6-11(13-3)8-12(14)7-10/h6-9,14H,4-5H2,1-2H3. The SMILES string of the molecule is [C-]#[N+]c1cc(O)cc(CC(C)CC)c1. The maximum atomic E-state index is 9.37. The van der Waals surface area contributed by atoms with Gasteiger partial charge in [-0.05, 0) is 24.5 Å². The van der Waals surface area contributed by atoms with Crippen molar-refractivity contribution < 1.29 is 5.11 Å². The van der Waals surface area contributed by atoms with Crippen LogP contribution in [0.5, 0.6) is 5.75 Å². The Hall–Kier alpha value is -1.49. The lowest BCUT2D eigenvalue weighted by molar-refractivity contribution is 0.473. The van der Waals surface area contributed by atoms with E-state index in [-0.39, 0.29) is 5.75 Å². The van der Waals surface area contributed by atoms with Crippen molar-refractivity contribution in [2.75, 3.05) is 0 Å². The zero-order valence-corrected chi connectivity index (χ0v) is 8.62. The Morgan fingerprint density at radius 1 is 1.43 bits per heavy atom. The quantitative estimate of drug-likeness (QED) is 0.723. The van der Waals surface area contributed by atoms with E-state index in [4.69, 9.17) is 6.57 Å². The molecule has 2 heteroatoms. The van der Waals surface area contributed by atoms with Crippen LogP contribution in [0, 0.1) is 12.5 Å². The van der Waals surface area contributed by atoms with E-state index in [0.29, 0.717) is 11.6 Å². The highest BCUT2D eigenvalue weighted by Gasteiger charge is 2.04. The number of hydrogen-bond donors (Lipinski definition) is 1. The van der Waals surface area contributed by atoms with Gasteiger partial charge >= 0.3 is 0 Å². The number of phenols is 1. The summed E-state index contributed by atoms with van der Waals surface area (Å²) in [5.41, 5.74) is 1.56. The van der Waals surface area contributed by atoms with Crippen LogP contribution in [0.4, 0.5) is 5.69 Å². The van der Waals surface area contributed by atoms with Gasteiger partial charge < -0.3 is 5.11 Å². The minimum atomic E-state index is 0.191. The summed E-state index contributed by atoms with van der Waals surface area (Å²) in [6.45, 7) is 11.2. The lowest BCUT2D eigenvalue weighted by atomic mass is 9.98. The molecule has 1 N–H and O–H groups in total. The maximum Gasteiger partial charge on any atom is 0.191 e. The minimum absolute atomic E-state index is 0.191. The van der Waals surface area contributed by atoms with Crippen LogP contribution in [0.25, 0.3) is 4.85 Å². The second kappa shape index (κ2) is 4.66. The molecular weight excluding hydrogens is 174 g/mol. The molecular formula is C12H15NO. The number of phenolic OH excluding ortho intramolecular Hbond substituents is 1. The molecule has 1 aromatic carbocycles. The highest BCUT2D eigenvalue weighted by molar-refractivity contribution is 5.51. The molecule has 0 fully saturated rings. The highest BCUT2D eigenvalue weighted by Crippen LogP contribution is 2.24. The van der Waals surface area contributed by atoms with Crippen molar-refractivity contribution in [2.24, 2.45) is 5.92 Å². The molecule has 14 heavy (non-hydrogen) atoms. The predicted octanol–water partition coefficient (Wildman–Crippen LogP) is 3.53. The molecule has 0 radical (unpaired) electrons. The van der Waals surface area contributed by atoms with Gasteiger partial charge in [-0.15, -0.1) is 0 Å². The van der Waals surface area contributed by atoms with E-state index in [1.165, 1.54) is 6.07 Å². The van der Waals surface area contributed by atoms with Gasteiger partial charge in [0.25, 0.3) is 0 Å². The third kappa shape index (κ3) is 2.77. The molecule has 0 heterocycles. The summed E-state index contributed by atoms with van der Waals surface area (Å²) in [4.78, 5) is 3.32. The number of rotatable bonds is 3. The summed E-state index contributed by atoms with van der Waals surface area (Å²) in [7, 11) is 0. The Bertz CT molecular complexity index is 352. The molecule has 0 aliphatic rings. The number of hydrogen-bond acceptors (Lipinski definition) is 1. The van der Waals surface area contributed by atoms with E-state index in [2.05, 4.69) is 18.7 Å². The average Bonchev–Trinajstić information content (AvgIpc) is 2.16. The molecule has 1 unspecified atom stereocenters. The summed E-state index contributed by atoms with van der Waals surface area (Å²) in [5, 5.41) is 9.37. The molecule has 0 aliphatic carbocycles. The Kier molecular flexibility index (Phi) is 3.53. The van der Waals surface area contributed by atoms with Gasteiger partial charge in [-0.25, -0.2) is 4.85 Å². The van der Waals surface area contributed by atoms with Crippen LogP contribution < -0.4 is 0 Å². The fraction of sp³-hybridized carbons (Fsp3) is 0.417. The van der Waals surface area contributed by atoms with Crippen LogP contribution in [-0.4, -0.2) is 5.11 Å². The third-order valence-electron chi connectivity index (χ3n) is 2.37. The van der Waals surface area contributed by atoms with Crippen LogP contribution in [0.15, 0.2) is 18.2 Å². The molecule has 1 rings (SSSR count). The van der Waals surface area contributed by atoms with E-state index < -0.39 is 0 Å². The number of aromatic hydroxyl groups is 1. The molecule has 0 saturated heterocycles. The molecule has 1 atom stereocenters. The van der Waals surface area contributed by atoms with E-state index in [1.54, 1.807) is 6.07 Å². The average molecular weight is 189 g/mol. The van der Waals surface area contributed by atoms with E-state index >= 15 is 0 Å². The molecule has 0 aliphatic heterocycles. The Morgan fingerprint density at radius 2 is 2.14 bits per heavy atom. The van der Waals surface area contributed by atoms with Crippen LogP contribution in [-0.2, 0) is 6.42 Å². The summed E-state index contributed by atoms with van der Waals surface area (Å²) in [6.07, 6.45) is 2.04. The zero-order chi connectivity index (χ0) is 10.6. The summed E-state index contributed by atoms with van der Waals surface area (Å²) < 4.78 is 0. The van der Waals surface area contributed by atoms with Crippen molar-refractivity contribution in [3.63, 3.8) is 0 Å². The summed E-state index contributed by atoms with van der Waals surface area (Å²) in [6, 6.07) is 5.08. The fourth-order valence-corrected chi connectivity index (χ4v) is 1.39. The monoisotopic (exact) mass is 189 g/mol. The fourth-order valence-electron chi connectivity index (χ4n) is 1.39. The van der Waals surface area contributed by atoms with Crippen molar-refractivity contribution in [3.05, 3.63) is 35.2 Å². The van der Waals surface area contributed by atoms with E-state index in [0.717, 1.165) is 18.4 Å². The molecule has 0 saturated carbocycles. The van der Waals surface area contributed by atoms with Crippen LogP contribution in [0.2, 0.25) is 0 Å². The number of benzene rings is 1. The molecule has 2 nitrogen and oxygen atoms in total. The molecule has 1 aromatic rings. The van der Waals surface area contributed by atoms with Gasteiger partial charge in [0.1, 0.15) is 5.75 Å². The second-order valence-corrected chi connectivity index (χ2v) is 3.69. The molecule has 0 aromatic heterocycles. The topological polar surface area (TPSA) is 24.6 Å². The Labute approximate surface area is 85.0 Å². The van der Waals surface area contributed by atoms with Gasteiger partial charge in [0.05, 0.1) is 6.57 Å². The zero-order valence-electron chi connectivity index (χ0n) is 8.62. The summed E-state index contributed by atoms with van der Waals surface area (Å²) >= 11 is 0. The van der Waals surface area contributed by atoms with Crippen molar-refractivity contribution in [2.45, 2.75) is 26.7 Å². The number of nitrogens with zero attached hydrogens (tertiary/aromatic N) is 1. The van der Waals surface area contributed by atoms with E-state index in [9.17, 15) is 5.11 Å². The lowest BCUT2D eigenvalue weighted by Gasteiger charge is -2.08. The lowest BCUT2D eigenvalue weighted by Crippen LogP contribution is -1.97. The van der Waals surface area contributed by atoms with Gasteiger partial charge in [0.15, 0.2) is 5.69 Å². The Balaban J connectivity index is 2.88. The van der Waals surface area contributed by atoms with Gasteiger partial charge in [0, 0.05) is 0 Å². The maximum absolute atomic E-state index is 9.37. The van der Waals surface area contributed by atoms with E-state index in [1.807, 2.05) is 6.07 Å². The largest absolute Gasteiger partial charge is 0.509 e. The Morgan fingerprint density at radius 3 is 2.71 bits per heavy atom. The van der Waals surface area contributed by atoms with Crippen molar-refractivity contribution in [3.8, 4) is 5.75 Å². The first-order valence-electron chi connectivity index (χ1n) is 4.86. The normalized spacial score (nSPS) is 12.1. The molecule has 0 spiro atoms. The second-order valence-electron chi connectivity index (χ2n) is 3.69. The van der Waals surface area contributed by atoms with Gasteiger partial charge in [-0.1, -0.05) is 31.9 Å². The van der Waals surface area contributed by atoms with Crippen molar-refractivity contribution in [1.29, 1.82) is 0 Å². The van der Waals surface area contributed by atoms with Crippen molar-refractivity contribution in [1.82, 2.24) is 0 Å². The van der Waals surface area contributed by atoms with Gasteiger partial charge in [0.2, 0.25) is 0 Å². The predicted molar refractivity (Wildman–Crippen MR) is 57.5 cm³/mol. The van der Waals surface area contributed by atoms with Gasteiger partial charge in [-0.3, -0.25) is 0 Å². The molecule has 74 valence electrons. The smallest absolute Gasteiger partial charge is 0.191 e. The first-order chi connectivity index (χ1) is 6.65. The first-order valence-corrected chi connectivity index (χ1v) is 4.86. The summed E-state index contributed by atoms with van der Waals surface area (Å²) in [5.74, 6) is 0.784. The van der Waals surface area contributed by atoms with Crippen LogP contribution in [0.3, 0.4) is 0 Å². The first kappa shape index (κ1) is 10.6. The molecule has 0 bridgehead atoms. The van der Waals surface area contributed by atoms with Crippen molar-refractivity contribution >= 4 is 5.69 Å². The minimum Gasteiger partial charge on any atom is -0.509 e. The third-order valence-corrected chi connectivity index (χ3v) is 2.37. The van der Waals surface area contributed by atoms with Crippen LogP contribution in [0.1, 0.15) is 25.8 Å². The van der Waals surface area contributed by atoms with Crippen LogP contribution >= 0.6 is 0 Å². The highest BCUT2D eigenvalue weighted by atomic mass is 16.3. The van der Waals surface area contributed by atoms with Gasteiger partial charge in [-0.2, -0.15) is 0 Å².